The van der Waals surface area contributed by atoms with Crippen LogP contribution in [0.5, 0.6) is 0 Å². The lowest BCUT2D eigenvalue weighted by atomic mass is 10.2. The molecule has 0 spiro atoms. The second-order valence-corrected chi connectivity index (χ2v) is 3.01. The highest BCUT2D eigenvalue weighted by Gasteiger charge is 2.09. The predicted molar refractivity (Wildman–Crippen MR) is 58.3 cm³/mol. The molecule has 1 aromatic rings. The third-order valence-corrected chi connectivity index (χ3v) is 2.06. The van der Waals surface area contributed by atoms with E-state index < -0.39 is 0 Å². The molecule has 0 fully saturated rings. The lowest BCUT2D eigenvalue weighted by Gasteiger charge is -2.23. The molecule has 0 radical (unpaired) electrons. The molecular weight excluding hydrogens is 196 g/mol. The van der Waals surface area contributed by atoms with Gasteiger partial charge in [-0.1, -0.05) is 12.1 Å². The van der Waals surface area contributed by atoms with E-state index in [0.29, 0.717) is 24.5 Å². The van der Waals surface area contributed by atoms with Gasteiger partial charge in [0.1, 0.15) is 5.69 Å². The monoisotopic (exact) mass is 210 g/mol. The van der Waals surface area contributed by atoms with Crippen molar-refractivity contribution in [2.45, 2.75) is 0 Å². The average Bonchev–Trinajstić information content (AvgIpc) is 2.29. The summed E-state index contributed by atoms with van der Waals surface area (Å²) in [4.78, 5) is 12.3. The zero-order chi connectivity index (χ0) is 11.1. The van der Waals surface area contributed by atoms with Gasteiger partial charge in [-0.25, -0.2) is 0 Å². The minimum absolute atomic E-state index is 0.0345. The van der Waals surface area contributed by atoms with Crippen LogP contribution in [0.25, 0.3) is 0 Å². The Labute approximate surface area is 87.9 Å². The molecule has 0 aliphatic rings. The molecule has 2 N–H and O–H groups in total. The summed E-state index contributed by atoms with van der Waals surface area (Å²) in [5.41, 5.74) is 0.954. The molecule has 0 amide bonds. The van der Waals surface area contributed by atoms with E-state index in [4.69, 9.17) is 10.2 Å². The lowest BCUT2D eigenvalue weighted by Crippen LogP contribution is -2.29. The van der Waals surface area contributed by atoms with Crippen molar-refractivity contribution in [3.05, 3.63) is 29.2 Å². The second-order valence-electron chi connectivity index (χ2n) is 3.01. The van der Waals surface area contributed by atoms with Crippen LogP contribution in [0.3, 0.4) is 0 Å². The van der Waals surface area contributed by atoms with Crippen LogP contribution < -0.4 is 4.90 Å². The molecule has 5 nitrogen and oxygen atoms in total. The molecule has 5 heteroatoms. The smallest absolute Gasteiger partial charge is 0.131 e. The second kappa shape index (κ2) is 6.10. The Morgan fingerprint density at radius 1 is 1.13 bits per heavy atom. The van der Waals surface area contributed by atoms with Crippen molar-refractivity contribution in [3.8, 4) is 0 Å². The van der Waals surface area contributed by atoms with E-state index in [2.05, 4.69) is 5.18 Å². The number of aliphatic hydroxyl groups is 2. The molecule has 0 aliphatic heterocycles. The summed E-state index contributed by atoms with van der Waals surface area (Å²) >= 11 is 0. The van der Waals surface area contributed by atoms with E-state index >= 15 is 0 Å². The molecule has 0 saturated heterocycles. The largest absolute Gasteiger partial charge is 0.395 e. The number of aliphatic hydroxyl groups excluding tert-OH is 2. The highest BCUT2D eigenvalue weighted by atomic mass is 16.3. The minimum Gasteiger partial charge on any atom is -0.395 e. The van der Waals surface area contributed by atoms with E-state index in [1.54, 1.807) is 29.2 Å². The summed E-state index contributed by atoms with van der Waals surface area (Å²) in [6.07, 6.45) is 0. The van der Waals surface area contributed by atoms with Gasteiger partial charge in [-0.3, -0.25) is 0 Å². The van der Waals surface area contributed by atoms with E-state index in [1.165, 1.54) is 0 Å². The number of nitroso groups, excluding NO2 is 1. The molecule has 82 valence electrons. The Hall–Kier alpha value is -1.46. The van der Waals surface area contributed by atoms with Crippen molar-refractivity contribution < 1.29 is 10.2 Å². The van der Waals surface area contributed by atoms with Crippen molar-refractivity contribution in [1.82, 2.24) is 0 Å². The third-order valence-electron chi connectivity index (χ3n) is 2.06. The Morgan fingerprint density at radius 3 is 2.27 bits per heavy atom. The van der Waals surface area contributed by atoms with Gasteiger partial charge >= 0.3 is 0 Å². The van der Waals surface area contributed by atoms with Crippen LogP contribution in [0.1, 0.15) is 0 Å². The Morgan fingerprint density at radius 2 is 1.73 bits per heavy atom. The molecule has 0 atom stereocenters. The average molecular weight is 210 g/mol. The van der Waals surface area contributed by atoms with Gasteiger partial charge < -0.3 is 15.1 Å². The van der Waals surface area contributed by atoms with Gasteiger partial charge in [0, 0.05) is 13.1 Å². The van der Waals surface area contributed by atoms with Crippen molar-refractivity contribution in [1.29, 1.82) is 0 Å². The first kappa shape index (κ1) is 11.6. The molecule has 15 heavy (non-hydrogen) atoms. The summed E-state index contributed by atoms with van der Waals surface area (Å²) in [7, 11) is 0. The minimum atomic E-state index is -0.0345. The maximum Gasteiger partial charge on any atom is 0.131 e. The highest BCUT2D eigenvalue weighted by Crippen LogP contribution is 2.27. The Bertz CT molecular complexity index is 311. The third kappa shape index (κ3) is 3.00. The number of benzene rings is 1. The zero-order valence-corrected chi connectivity index (χ0v) is 8.33. The predicted octanol–water partition coefficient (Wildman–Crippen LogP) is 0.875. The van der Waals surface area contributed by atoms with Crippen molar-refractivity contribution in [2.75, 3.05) is 31.2 Å². The molecule has 1 aromatic carbocycles. The first-order valence-electron chi connectivity index (χ1n) is 4.72. The fourth-order valence-corrected chi connectivity index (χ4v) is 1.40. The maximum atomic E-state index is 10.5. The van der Waals surface area contributed by atoms with Gasteiger partial charge in [0.2, 0.25) is 0 Å². The van der Waals surface area contributed by atoms with Crippen LogP contribution in [-0.2, 0) is 0 Å². The van der Waals surface area contributed by atoms with Crippen molar-refractivity contribution in [3.63, 3.8) is 0 Å². The number of rotatable bonds is 6. The Balaban J connectivity index is 2.92. The van der Waals surface area contributed by atoms with Crippen LogP contribution >= 0.6 is 0 Å². The summed E-state index contributed by atoms with van der Waals surface area (Å²) in [5, 5.41) is 20.6. The fraction of sp³-hybridized carbons (Fsp3) is 0.400. The van der Waals surface area contributed by atoms with Crippen LogP contribution in [0.2, 0.25) is 0 Å². The van der Waals surface area contributed by atoms with Crippen LogP contribution in [0.15, 0.2) is 29.4 Å². The summed E-state index contributed by atoms with van der Waals surface area (Å²) in [6, 6.07) is 6.84. The molecular formula is C10H14N2O3. The van der Waals surface area contributed by atoms with E-state index in [1.807, 2.05) is 0 Å². The molecule has 0 bridgehead atoms. The van der Waals surface area contributed by atoms with Crippen LogP contribution in [0, 0.1) is 4.91 Å². The van der Waals surface area contributed by atoms with Gasteiger partial charge in [0.25, 0.3) is 0 Å². The first-order chi connectivity index (χ1) is 7.33. The Kier molecular flexibility index (Phi) is 4.73. The van der Waals surface area contributed by atoms with Gasteiger partial charge in [-0.15, -0.1) is 4.91 Å². The quantitative estimate of drug-likeness (QED) is 0.683. The zero-order valence-electron chi connectivity index (χ0n) is 8.33. The summed E-state index contributed by atoms with van der Waals surface area (Å²) in [6.45, 7) is 0.667. The SMILES string of the molecule is O=Nc1ccccc1N(CCO)CCO. The number of para-hydroxylation sites is 1. The standard InChI is InChI=1S/C10H14N2O3/c13-7-5-12(6-8-14)10-4-2-1-3-9(10)11-15/h1-4,13-14H,5-8H2. The fourth-order valence-electron chi connectivity index (χ4n) is 1.40. The normalized spacial score (nSPS) is 10.0. The molecule has 0 aliphatic carbocycles. The number of hydrogen-bond donors (Lipinski definition) is 2. The molecule has 0 unspecified atom stereocenters. The van der Waals surface area contributed by atoms with Gasteiger partial charge in [0.15, 0.2) is 0 Å². The molecule has 0 saturated carbocycles. The van der Waals surface area contributed by atoms with Crippen molar-refractivity contribution >= 4 is 11.4 Å². The van der Waals surface area contributed by atoms with E-state index in [9.17, 15) is 4.91 Å². The van der Waals surface area contributed by atoms with E-state index in [-0.39, 0.29) is 13.2 Å². The molecule has 1 rings (SSSR count). The summed E-state index contributed by atoms with van der Waals surface area (Å²) < 4.78 is 0. The van der Waals surface area contributed by atoms with Crippen molar-refractivity contribution in [2.24, 2.45) is 5.18 Å². The topological polar surface area (TPSA) is 73.1 Å². The first-order valence-corrected chi connectivity index (χ1v) is 4.72. The number of hydrogen-bond acceptors (Lipinski definition) is 5. The van der Waals surface area contributed by atoms with Crippen LogP contribution in [0.4, 0.5) is 11.4 Å². The lowest BCUT2D eigenvalue weighted by molar-refractivity contribution is 0.281. The highest BCUT2D eigenvalue weighted by molar-refractivity contribution is 5.66. The number of nitrogens with zero attached hydrogens (tertiary/aromatic N) is 2. The maximum absolute atomic E-state index is 10.5. The van der Waals surface area contributed by atoms with Gasteiger partial charge in [0.05, 0.1) is 18.9 Å². The summed E-state index contributed by atoms with van der Waals surface area (Å²) in [5.74, 6) is 0. The van der Waals surface area contributed by atoms with Crippen LogP contribution in [-0.4, -0.2) is 36.5 Å². The van der Waals surface area contributed by atoms with E-state index in [0.717, 1.165) is 0 Å². The molecule has 0 heterocycles. The van der Waals surface area contributed by atoms with Gasteiger partial charge in [-0.2, -0.15) is 0 Å². The number of anilines is 1. The molecule has 0 aromatic heterocycles. The van der Waals surface area contributed by atoms with Gasteiger partial charge in [-0.05, 0) is 17.3 Å².